The molecule has 0 aliphatic heterocycles. The van der Waals surface area contributed by atoms with E-state index in [1.54, 1.807) is 7.11 Å². The van der Waals surface area contributed by atoms with Crippen molar-refractivity contribution in [3.05, 3.63) is 0 Å². The van der Waals surface area contributed by atoms with Gasteiger partial charge in [0.15, 0.2) is 0 Å². The molecule has 4 unspecified atom stereocenters. The second-order valence-corrected chi connectivity index (χ2v) is 6.82. The zero-order valence-electron chi connectivity index (χ0n) is 14.0. The van der Waals surface area contributed by atoms with E-state index < -0.39 is 17.8 Å². The van der Waals surface area contributed by atoms with Crippen molar-refractivity contribution in [2.24, 2.45) is 5.92 Å². The Kier molecular flexibility index (Phi) is 6.47. The second kappa shape index (κ2) is 7.67. The lowest BCUT2D eigenvalue weighted by atomic mass is 9.78. The van der Waals surface area contributed by atoms with E-state index in [4.69, 9.17) is 14.6 Å². The van der Waals surface area contributed by atoms with Gasteiger partial charge in [-0.3, -0.25) is 0 Å². The van der Waals surface area contributed by atoms with Crippen molar-refractivity contribution in [1.82, 2.24) is 10.6 Å². The van der Waals surface area contributed by atoms with E-state index in [1.807, 2.05) is 27.7 Å². The van der Waals surface area contributed by atoms with Gasteiger partial charge in [0, 0.05) is 25.1 Å². The van der Waals surface area contributed by atoms with Crippen LogP contribution in [0.2, 0.25) is 0 Å². The molecule has 7 nitrogen and oxygen atoms in total. The summed E-state index contributed by atoms with van der Waals surface area (Å²) in [4.78, 5) is 22.8. The van der Waals surface area contributed by atoms with Crippen molar-refractivity contribution in [3.63, 3.8) is 0 Å². The van der Waals surface area contributed by atoms with Gasteiger partial charge < -0.3 is 25.2 Å². The van der Waals surface area contributed by atoms with E-state index in [-0.39, 0.29) is 24.1 Å². The van der Waals surface area contributed by atoms with Crippen LogP contribution in [-0.2, 0) is 9.47 Å². The molecule has 0 radical (unpaired) electrons. The molecule has 0 aromatic carbocycles. The van der Waals surface area contributed by atoms with Gasteiger partial charge in [-0.25, -0.2) is 9.59 Å². The lowest BCUT2D eigenvalue weighted by Crippen LogP contribution is -2.52. The molecule has 1 aliphatic rings. The minimum absolute atomic E-state index is 0.00906. The minimum Gasteiger partial charge on any atom is -0.465 e. The van der Waals surface area contributed by atoms with Crippen LogP contribution >= 0.6 is 0 Å². The molecule has 3 N–H and O–H groups in total. The van der Waals surface area contributed by atoms with Crippen molar-refractivity contribution in [2.45, 2.75) is 70.7 Å². The number of amides is 2. The van der Waals surface area contributed by atoms with Crippen LogP contribution < -0.4 is 10.6 Å². The van der Waals surface area contributed by atoms with Gasteiger partial charge in [0.1, 0.15) is 5.60 Å². The predicted octanol–water partition coefficient (Wildman–Crippen LogP) is 2.35. The summed E-state index contributed by atoms with van der Waals surface area (Å²) >= 11 is 0. The third kappa shape index (κ3) is 6.09. The number of methoxy groups -OCH3 is 1. The van der Waals surface area contributed by atoms with Gasteiger partial charge in [-0.15, -0.1) is 0 Å². The number of carbonyl (C=O) groups excluding carboxylic acids is 1. The maximum Gasteiger partial charge on any atom is 0.407 e. The normalized spacial score (nSPS) is 26.9. The van der Waals surface area contributed by atoms with E-state index in [0.717, 1.165) is 0 Å². The molecular formula is C15H28N2O5. The van der Waals surface area contributed by atoms with Crippen molar-refractivity contribution >= 4 is 12.2 Å². The van der Waals surface area contributed by atoms with Gasteiger partial charge in [0.25, 0.3) is 0 Å². The Morgan fingerprint density at radius 1 is 1.23 bits per heavy atom. The van der Waals surface area contributed by atoms with Crippen LogP contribution in [0.25, 0.3) is 0 Å². The number of nitrogens with one attached hydrogen (secondary N) is 2. The van der Waals surface area contributed by atoms with Crippen LogP contribution in [-0.4, -0.2) is 48.2 Å². The number of hydrogen-bond donors (Lipinski definition) is 3. The third-order valence-electron chi connectivity index (χ3n) is 3.90. The number of alkyl carbamates (subject to hydrolysis) is 1. The number of carboxylic acid groups (broad SMARTS) is 1. The fourth-order valence-electron chi connectivity index (χ4n) is 2.84. The molecule has 0 heterocycles. The molecule has 2 amide bonds. The average molecular weight is 316 g/mol. The molecular weight excluding hydrogens is 288 g/mol. The number of hydrogen-bond acceptors (Lipinski definition) is 4. The van der Waals surface area contributed by atoms with Gasteiger partial charge in [0.2, 0.25) is 0 Å². The first-order valence-electron chi connectivity index (χ1n) is 7.64. The first kappa shape index (κ1) is 18.5. The monoisotopic (exact) mass is 316 g/mol. The Bertz CT molecular complexity index is 394. The highest BCUT2D eigenvalue weighted by molar-refractivity contribution is 5.68. The summed E-state index contributed by atoms with van der Waals surface area (Å²) in [7, 11) is 1.60. The highest BCUT2D eigenvalue weighted by Crippen LogP contribution is 2.29. The van der Waals surface area contributed by atoms with Crippen LogP contribution in [0.1, 0.15) is 47.0 Å². The lowest BCUT2D eigenvalue weighted by molar-refractivity contribution is 0.0210. The Labute approximate surface area is 131 Å². The fourth-order valence-corrected chi connectivity index (χ4v) is 2.84. The summed E-state index contributed by atoms with van der Waals surface area (Å²) in [6, 6.07) is -0.201. The molecule has 0 spiro atoms. The van der Waals surface area contributed by atoms with Gasteiger partial charge >= 0.3 is 12.2 Å². The Morgan fingerprint density at radius 2 is 1.86 bits per heavy atom. The van der Waals surface area contributed by atoms with E-state index in [1.165, 1.54) is 0 Å². The van der Waals surface area contributed by atoms with Gasteiger partial charge in [0.05, 0.1) is 6.10 Å². The first-order chi connectivity index (χ1) is 10.1. The molecule has 128 valence electrons. The molecule has 22 heavy (non-hydrogen) atoms. The summed E-state index contributed by atoms with van der Waals surface area (Å²) < 4.78 is 10.6. The quantitative estimate of drug-likeness (QED) is 0.739. The Morgan fingerprint density at radius 3 is 2.36 bits per heavy atom. The molecule has 0 bridgehead atoms. The molecule has 0 aromatic heterocycles. The molecule has 0 aromatic rings. The number of rotatable bonds is 4. The van der Waals surface area contributed by atoms with Crippen LogP contribution in [0.5, 0.6) is 0 Å². The largest absolute Gasteiger partial charge is 0.465 e. The Balaban J connectivity index is 2.63. The molecule has 7 heteroatoms. The molecule has 1 rings (SSSR count). The second-order valence-electron chi connectivity index (χ2n) is 6.82. The molecule has 4 atom stereocenters. The van der Waals surface area contributed by atoms with Crippen LogP contribution in [0.15, 0.2) is 0 Å². The zero-order chi connectivity index (χ0) is 16.9. The number of ether oxygens (including phenoxy) is 2. The lowest BCUT2D eigenvalue weighted by Gasteiger charge is -2.39. The summed E-state index contributed by atoms with van der Waals surface area (Å²) in [5.74, 6) is 0.00906. The van der Waals surface area contributed by atoms with Gasteiger partial charge in [-0.05, 0) is 47.0 Å². The molecule has 1 fully saturated rings. The Hall–Kier alpha value is -1.50. The SMILES string of the molecule is COC(C)C1CC(NC(=O)OC(C)(C)C)CCC1NC(=O)O. The maximum atomic E-state index is 11.9. The smallest absolute Gasteiger partial charge is 0.407 e. The van der Waals surface area contributed by atoms with Crippen molar-refractivity contribution < 1.29 is 24.2 Å². The minimum atomic E-state index is -1.03. The third-order valence-corrected chi connectivity index (χ3v) is 3.90. The molecule has 1 aliphatic carbocycles. The van der Waals surface area contributed by atoms with E-state index in [2.05, 4.69) is 10.6 Å². The van der Waals surface area contributed by atoms with Gasteiger partial charge in [-0.2, -0.15) is 0 Å². The topological polar surface area (TPSA) is 96.9 Å². The van der Waals surface area contributed by atoms with E-state index in [9.17, 15) is 9.59 Å². The standard InChI is InChI=1S/C15H28N2O5/c1-9(21-5)11-8-10(6-7-12(11)17-13(18)19)16-14(20)22-15(2,3)4/h9-12,17H,6-8H2,1-5H3,(H,16,20)(H,18,19). The van der Waals surface area contributed by atoms with E-state index >= 15 is 0 Å². The first-order valence-corrected chi connectivity index (χ1v) is 7.64. The highest BCUT2D eigenvalue weighted by Gasteiger charge is 2.36. The van der Waals surface area contributed by atoms with Crippen LogP contribution in [0.3, 0.4) is 0 Å². The maximum absolute atomic E-state index is 11.9. The van der Waals surface area contributed by atoms with Crippen LogP contribution in [0, 0.1) is 5.92 Å². The number of carbonyl (C=O) groups is 2. The summed E-state index contributed by atoms with van der Waals surface area (Å²) in [5.41, 5.74) is -0.536. The fraction of sp³-hybridized carbons (Fsp3) is 0.867. The van der Waals surface area contributed by atoms with Crippen molar-refractivity contribution in [1.29, 1.82) is 0 Å². The van der Waals surface area contributed by atoms with E-state index in [0.29, 0.717) is 19.3 Å². The van der Waals surface area contributed by atoms with Crippen LogP contribution in [0.4, 0.5) is 9.59 Å². The zero-order valence-corrected chi connectivity index (χ0v) is 14.0. The highest BCUT2D eigenvalue weighted by atomic mass is 16.6. The summed E-state index contributed by atoms with van der Waals surface area (Å²) in [6.45, 7) is 7.36. The summed E-state index contributed by atoms with van der Waals surface area (Å²) in [6.07, 6.45) is 0.449. The van der Waals surface area contributed by atoms with Crippen molar-refractivity contribution in [3.8, 4) is 0 Å². The summed E-state index contributed by atoms with van der Waals surface area (Å²) in [5, 5.41) is 14.4. The predicted molar refractivity (Wildman–Crippen MR) is 81.9 cm³/mol. The molecule has 1 saturated carbocycles. The van der Waals surface area contributed by atoms with Crippen molar-refractivity contribution in [2.75, 3.05) is 7.11 Å². The average Bonchev–Trinajstić information content (AvgIpc) is 2.36. The molecule has 0 saturated heterocycles. The van der Waals surface area contributed by atoms with Gasteiger partial charge in [-0.1, -0.05) is 0 Å².